The van der Waals surface area contributed by atoms with E-state index in [1.54, 1.807) is 4.90 Å². The van der Waals surface area contributed by atoms with E-state index in [0.717, 1.165) is 19.3 Å². The first kappa shape index (κ1) is 21.2. The maximum absolute atomic E-state index is 11.9. The summed E-state index contributed by atoms with van der Waals surface area (Å²) in [5.74, 6) is 0. The molecule has 1 amide bonds. The van der Waals surface area contributed by atoms with Crippen LogP contribution in [-0.4, -0.2) is 47.9 Å². The molecule has 2 rings (SSSR count). The molecule has 0 radical (unpaired) electrons. The molecule has 5 nitrogen and oxygen atoms in total. The van der Waals surface area contributed by atoms with Crippen molar-refractivity contribution in [1.29, 1.82) is 0 Å². The number of nitrogens with two attached hydrogens (primary N) is 1. The van der Waals surface area contributed by atoms with Crippen molar-refractivity contribution in [2.75, 3.05) is 19.7 Å². The summed E-state index contributed by atoms with van der Waals surface area (Å²) >= 11 is 0. The summed E-state index contributed by atoms with van der Waals surface area (Å²) in [6, 6.07) is 0.151. The largest absolute Gasteiger partial charge is 0.444 e. The Kier molecular flexibility index (Phi) is 9.01. The lowest BCUT2D eigenvalue weighted by Gasteiger charge is -2.38. The van der Waals surface area contributed by atoms with Crippen molar-refractivity contribution in [2.24, 2.45) is 5.73 Å². The van der Waals surface area contributed by atoms with Gasteiger partial charge in [-0.2, -0.15) is 0 Å². The van der Waals surface area contributed by atoms with Crippen LogP contribution >= 0.6 is 0 Å². The summed E-state index contributed by atoms with van der Waals surface area (Å²) in [4.78, 5) is 13.7. The van der Waals surface area contributed by atoms with Crippen LogP contribution in [0.1, 0.15) is 67.7 Å². The molecule has 0 aromatic heterocycles. The van der Waals surface area contributed by atoms with Crippen molar-refractivity contribution in [1.82, 2.24) is 4.90 Å². The highest BCUT2D eigenvalue weighted by Gasteiger charge is 2.42. The predicted molar refractivity (Wildman–Crippen MR) is 91.0 cm³/mol. The second kappa shape index (κ2) is 9.36. The van der Waals surface area contributed by atoms with Gasteiger partial charge < -0.3 is 20.1 Å². The molecule has 2 aliphatic rings. The molecular weight excluding hydrogens is 280 g/mol. The predicted octanol–water partition coefficient (Wildman–Crippen LogP) is 3.56. The van der Waals surface area contributed by atoms with E-state index in [-0.39, 0.29) is 17.7 Å². The SMILES string of the molecule is CC.CC.CC(C)(C)OC(=O)N1CCC2(CC1)CC(N)CO2. The Morgan fingerprint density at radius 3 is 2.05 bits per heavy atom. The molecule has 2 fully saturated rings. The van der Waals surface area contributed by atoms with Gasteiger partial charge in [0, 0.05) is 19.1 Å². The van der Waals surface area contributed by atoms with Gasteiger partial charge in [0.15, 0.2) is 0 Å². The second-order valence-corrected chi connectivity index (χ2v) is 6.43. The van der Waals surface area contributed by atoms with Gasteiger partial charge in [-0.15, -0.1) is 0 Å². The van der Waals surface area contributed by atoms with Crippen LogP contribution in [0.15, 0.2) is 0 Å². The third-order valence-electron chi connectivity index (χ3n) is 3.56. The fourth-order valence-corrected chi connectivity index (χ4v) is 2.65. The monoisotopic (exact) mass is 316 g/mol. The second-order valence-electron chi connectivity index (χ2n) is 6.43. The van der Waals surface area contributed by atoms with Crippen LogP contribution < -0.4 is 5.73 Å². The summed E-state index contributed by atoms with van der Waals surface area (Å²) in [6.07, 6.45) is 2.41. The van der Waals surface area contributed by atoms with E-state index < -0.39 is 5.60 Å². The minimum absolute atomic E-state index is 0.0854. The number of nitrogens with zero attached hydrogens (tertiary/aromatic N) is 1. The van der Waals surface area contributed by atoms with Gasteiger partial charge in [0.25, 0.3) is 0 Å². The van der Waals surface area contributed by atoms with E-state index >= 15 is 0 Å². The van der Waals surface area contributed by atoms with Crippen molar-refractivity contribution in [2.45, 2.75) is 85.0 Å². The van der Waals surface area contributed by atoms with Crippen molar-refractivity contribution >= 4 is 6.09 Å². The maximum atomic E-state index is 11.9. The number of hydrogen-bond acceptors (Lipinski definition) is 4. The molecule has 0 bridgehead atoms. The van der Waals surface area contributed by atoms with Gasteiger partial charge in [0.1, 0.15) is 5.60 Å². The number of piperidine rings is 1. The molecule has 132 valence electrons. The average molecular weight is 316 g/mol. The third-order valence-corrected chi connectivity index (χ3v) is 3.56. The Balaban J connectivity index is 0.00000102. The molecule has 1 spiro atoms. The fraction of sp³-hybridized carbons (Fsp3) is 0.941. The molecular formula is C17H36N2O3. The van der Waals surface area contributed by atoms with Crippen LogP contribution in [0.2, 0.25) is 0 Å². The molecule has 2 saturated heterocycles. The van der Waals surface area contributed by atoms with Crippen molar-refractivity contribution < 1.29 is 14.3 Å². The number of likely N-dealkylation sites (tertiary alicyclic amines) is 1. The summed E-state index contributed by atoms with van der Waals surface area (Å²) < 4.78 is 11.2. The van der Waals surface area contributed by atoms with E-state index in [4.69, 9.17) is 15.2 Å². The molecule has 22 heavy (non-hydrogen) atoms. The Bertz CT molecular complexity index is 318. The number of ether oxygens (including phenoxy) is 2. The highest BCUT2D eigenvalue weighted by atomic mass is 16.6. The standard InChI is InChI=1S/C13H24N2O3.2C2H6/c1-12(2,3)18-11(16)15-6-4-13(5-7-15)8-10(14)9-17-13;2*1-2/h10H,4-9,14H2,1-3H3;2*1-2H3. The van der Waals surface area contributed by atoms with E-state index in [1.165, 1.54) is 0 Å². The van der Waals surface area contributed by atoms with Gasteiger partial charge in [0.2, 0.25) is 0 Å². The van der Waals surface area contributed by atoms with Crippen LogP contribution in [0.3, 0.4) is 0 Å². The zero-order valence-electron chi connectivity index (χ0n) is 15.6. The van der Waals surface area contributed by atoms with Crippen LogP contribution in [-0.2, 0) is 9.47 Å². The smallest absolute Gasteiger partial charge is 0.410 e. The highest BCUT2D eigenvalue weighted by molar-refractivity contribution is 5.68. The molecule has 2 aliphatic heterocycles. The minimum atomic E-state index is -0.432. The first-order valence-electron chi connectivity index (χ1n) is 8.67. The molecule has 1 atom stereocenters. The molecule has 2 heterocycles. The van der Waals surface area contributed by atoms with E-state index in [9.17, 15) is 4.79 Å². The number of carbonyl (C=O) groups is 1. The number of amides is 1. The van der Waals surface area contributed by atoms with Gasteiger partial charge in [-0.3, -0.25) is 0 Å². The molecule has 5 heteroatoms. The van der Waals surface area contributed by atoms with E-state index in [2.05, 4.69) is 0 Å². The Hall–Kier alpha value is -0.810. The maximum Gasteiger partial charge on any atom is 0.410 e. The molecule has 1 unspecified atom stereocenters. The number of rotatable bonds is 0. The number of carbonyl (C=O) groups excluding carboxylic acids is 1. The van der Waals surface area contributed by atoms with E-state index in [1.807, 2.05) is 48.5 Å². The quantitative estimate of drug-likeness (QED) is 0.742. The summed E-state index contributed by atoms with van der Waals surface area (Å²) in [7, 11) is 0. The molecule has 0 aromatic rings. The van der Waals surface area contributed by atoms with Crippen LogP contribution in [0.25, 0.3) is 0 Å². The third kappa shape index (κ3) is 6.53. The van der Waals surface area contributed by atoms with Crippen molar-refractivity contribution in [3.8, 4) is 0 Å². The van der Waals surface area contributed by atoms with Gasteiger partial charge in [-0.05, 0) is 40.0 Å². The fourth-order valence-electron chi connectivity index (χ4n) is 2.65. The first-order valence-corrected chi connectivity index (χ1v) is 8.67. The Labute approximate surface area is 136 Å². The van der Waals surface area contributed by atoms with Gasteiger partial charge in [-0.25, -0.2) is 4.79 Å². The van der Waals surface area contributed by atoms with Crippen molar-refractivity contribution in [3.05, 3.63) is 0 Å². The number of hydrogen-bond donors (Lipinski definition) is 1. The summed E-state index contributed by atoms with van der Waals surface area (Å²) in [5.41, 5.74) is 5.37. The Morgan fingerprint density at radius 1 is 1.18 bits per heavy atom. The molecule has 2 N–H and O–H groups in total. The molecule has 0 aliphatic carbocycles. The highest BCUT2D eigenvalue weighted by Crippen LogP contribution is 2.35. The average Bonchev–Trinajstić information content (AvgIpc) is 2.83. The van der Waals surface area contributed by atoms with Crippen LogP contribution in [0, 0.1) is 0 Å². The van der Waals surface area contributed by atoms with Gasteiger partial charge in [-0.1, -0.05) is 27.7 Å². The lowest BCUT2D eigenvalue weighted by atomic mass is 9.88. The normalized spacial score (nSPS) is 23.1. The van der Waals surface area contributed by atoms with Crippen LogP contribution in [0.5, 0.6) is 0 Å². The lowest BCUT2D eigenvalue weighted by molar-refractivity contribution is -0.0485. The summed E-state index contributed by atoms with van der Waals surface area (Å²) in [5, 5.41) is 0. The minimum Gasteiger partial charge on any atom is -0.444 e. The first-order chi connectivity index (χ1) is 10.3. The van der Waals surface area contributed by atoms with Gasteiger partial charge >= 0.3 is 6.09 Å². The zero-order chi connectivity index (χ0) is 17.4. The Morgan fingerprint density at radius 2 is 1.68 bits per heavy atom. The zero-order valence-corrected chi connectivity index (χ0v) is 15.6. The molecule has 0 saturated carbocycles. The topological polar surface area (TPSA) is 64.8 Å². The van der Waals surface area contributed by atoms with Gasteiger partial charge in [0.05, 0.1) is 12.2 Å². The van der Waals surface area contributed by atoms with Crippen LogP contribution in [0.4, 0.5) is 4.79 Å². The molecule has 0 aromatic carbocycles. The lowest BCUT2D eigenvalue weighted by Crippen LogP contribution is -2.48. The summed E-state index contributed by atoms with van der Waals surface area (Å²) in [6.45, 7) is 15.7. The van der Waals surface area contributed by atoms with Crippen molar-refractivity contribution in [3.63, 3.8) is 0 Å². The van der Waals surface area contributed by atoms with E-state index in [0.29, 0.717) is 19.7 Å².